The van der Waals surface area contributed by atoms with Crippen LogP contribution in [0.5, 0.6) is 0 Å². The highest BCUT2D eigenvalue weighted by Crippen LogP contribution is 2.59. The quantitative estimate of drug-likeness (QED) is 0.365. The van der Waals surface area contributed by atoms with Gasteiger partial charge in [-0.3, -0.25) is 0 Å². The summed E-state index contributed by atoms with van der Waals surface area (Å²) in [6, 6.07) is 5.88. The van der Waals surface area contributed by atoms with Crippen molar-refractivity contribution in [3.8, 4) is 0 Å². The Hall–Kier alpha value is -1.43. The zero-order valence-electron chi connectivity index (χ0n) is 19.4. The van der Waals surface area contributed by atoms with Crippen LogP contribution in [0.1, 0.15) is 59.6 Å². The van der Waals surface area contributed by atoms with Crippen LogP contribution in [-0.4, -0.2) is 42.3 Å². The van der Waals surface area contributed by atoms with E-state index in [2.05, 4.69) is 0 Å². The molecule has 0 fully saturated rings. The molecule has 0 saturated carbocycles. The number of benzene rings is 1. The number of rotatable bonds is 8. The molecular weight excluding hydrogens is 482 g/mol. The van der Waals surface area contributed by atoms with Crippen LogP contribution >= 0.6 is 0 Å². The molecule has 0 aliphatic carbocycles. The van der Waals surface area contributed by atoms with Gasteiger partial charge in [0.25, 0.3) is 10.0 Å². The Labute approximate surface area is 189 Å². The molecule has 0 unspecified atom stereocenters. The van der Waals surface area contributed by atoms with E-state index in [0.717, 1.165) is 12.5 Å². The van der Waals surface area contributed by atoms with Crippen LogP contribution in [0.15, 0.2) is 24.3 Å². The predicted octanol–water partition coefficient (Wildman–Crippen LogP) is 6.68. The van der Waals surface area contributed by atoms with Crippen LogP contribution in [0.2, 0.25) is 0 Å². The summed E-state index contributed by atoms with van der Waals surface area (Å²) in [6.45, 7) is 6.35. The van der Waals surface area contributed by atoms with Gasteiger partial charge in [0.1, 0.15) is 0 Å². The third-order valence-electron chi connectivity index (χ3n) is 5.29. The van der Waals surface area contributed by atoms with E-state index in [-0.39, 0.29) is 15.3 Å². The standard InChI is InChI=1S/C21H29F8NO2S/c1-8-30(13-14-9-11-15(12-10-14)16(2,3)4)33(31,32)21(28,29)20(26,27)19(24,25)18(22,23)17(5,6)7/h9-12H,8,13H2,1-7H3. The fourth-order valence-corrected chi connectivity index (χ4v) is 4.29. The van der Waals surface area contributed by atoms with Gasteiger partial charge in [-0.25, -0.2) is 8.42 Å². The van der Waals surface area contributed by atoms with Gasteiger partial charge in [0, 0.05) is 18.5 Å². The van der Waals surface area contributed by atoms with Crippen molar-refractivity contribution in [2.75, 3.05) is 6.54 Å². The maximum atomic E-state index is 14.6. The van der Waals surface area contributed by atoms with E-state index in [1.54, 1.807) is 12.1 Å². The first-order chi connectivity index (χ1) is 14.4. The molecule has 0 aliphatic rings. The minimum absolute atomic E-state index is 0.110. The molecule has 12 heteroatoms. The van der Waals surface area contributed by atoms with E-state index in [1.807, 2.05) is 20.8 Å². The maximum absolute atomic E-state index is 14.6. The van der Waals surface area contributed by atoms with Crippen LogP contribution < -0.4 is 0 Å². The normalized spacial score (nSPS) is 15.3. The van der Waals surface area contributed by atoms with Gasteiger partial charge >= 0.3 is 23.0 Å². The van der Waals surface area contributed by atoms with E-state index < -0.39 is 51.5 Å². The van der Waals surface area contributed by atoms with E-state index in [9.17, 15) is 43.5 Å². The zero-order valence-corrected chi connectivity index (χ0v) is 20.2. The molecule has 0 aromatic heterocycles. The Bertz CT molecular complexity index is 930. The first kappa shape index (κ1) is 29.6. The largest absolute Gasteiger partial charge is 0.427 e. The second kappa shape index (κ2) is 8.66. The average Bonchev–Trinajstić information content (AvgIpc) is 2.63. The number of halogens is 8. The van der Waals surface area contributed by atoms with Crippen molar-refractivity contribution < 1.29 is 43.5 Å². The van der Waals surface area contributed by atoms with Crippen molar-refractivity contribution >= 4 is 10.0 Å². The molecule has 192 valence electrons. The van der Waals surface area contributed by atoms with Crippen LogP contribution in [0, 0.1) is 5.41 Å². The maximum Gasteiger partial charge on any atom is 0.427 e. The summed E-state index contributed by atoms with van der Waals surface area (Å²) in [5.41, 5.74) is -2.26. The molecule has 0 saturated heterocycles. The SMILES string of the molecule is CCN(Cc1ccc(C(C)(C)C)cc1)S(=O)(=O)C(F)(F)C(F)(F)C(F)(F)C(F)(F)C(C)(C)C. The van der Waals surface area contributed by atoms with Gasteiger partial charge in [0.2, 0.25) is 0 Å². The Morgan fingerprint density at radius 3 is 1.48 bits per heavy atom. The van der Waals surface area contributed by atoms with E-state index >= 15 is 0 Å². The van der Waals surface area contributed by atoms with Crippen LogP contribution in [0.3, 0.4) is 0 Å². The second-order valence-corrected chi connectivity index (χ2v) is 11.8. The summed E-state index contributed by atoms with van der Waals surface area (Å²) in [5.74, 6) is -19.3. The summed E-state index contributed by atoms with van der Waals surface area (Å²) in [5, 5.41) is -6.53. The van der Waals surface area contributed by atoms with Gasteiger partial charge in [-0.15, -0.1) is 0 Å². The van der Waals surface area contributed by atoms with E-state index in [0.29, 0.717) is 20.8 Å². The van der Waals surface area contributed by atoms with Crippen LogP contribution in [-0.2, 0) is 22.0 Å². The fraction of sp³-hybridized carbons (Fsp3) is 0.714. The predicted molar refractivity (Wildman–Crippen MR) is 109 cm³/mol. The lowest BCUT2D eigenvalue weighted by Gasteiger charge is -2.42. The second-order valence-electron chi connectivity index (χ2n) is 9.87. The minimum Gasteiger partial charge on any atom is -0.206 e. The summed E-state index contributed by atoms with van der Waals surface area (Å²) >= 11 is 0. The van der Waals surface area contributed by atoms with Gasteiger partial charge in [0.05, 0.1) is 0 Å². The summed E-state index contributed by atoms with van der Waals surface area (Å²) in [7, 11) is -6.50. The lowest BCUT2D eigenvalue weighted by atomic mass is 9.82. The molecule has 1 aromatic carbocycles. The van der Waals surface area contributed by atoms with Crippen molar-refractivity contribution in [2.45, 2.75) is 83.4 Å². The number of hydrogen-bond donors (Lipinski definition) is 0. The molecule has 0 radical (unpaired) electrons. The van der Waals surface area contributed by atoms with Crippen LogP contribution in [0.4, 0.5) is 35.1 Å². The van der Waals surface area contributed by atoms with E-state index in [4.69, 9.17) is 0 Å². The van der Waals surface area contributed by atoms with Crippen LogP contribution in [0.25, 0.3) is 0 Å². The molecule has 0 heterocycles. The third-order valence-corrected chi connectivity index (χ3v) is 7.26. The molecule has 0 bridgehead atoms. The highest BCUT2D eigenvalue weighted by molar-refractivity contribution is 7.90. The molecule has 3 nitrogen and oxygen atoms in total. The monoisotopic (exact) mass is 511 g/mol. The molecule has 0 spiro atoms. The molecule has 0 N–H and O–H groups in total. The smallest absolute Gasteiger partial charge is 0.206 e. The van der Waals surface area contributed by atoms with E-state index in [1.165, 1.54) is 12.1 Å². The molecule has 0 atom stereocenters. The lowest BCUT2D eigenvalue weighted by Crippen LogP contribution is -2.68. The Balaban J connectivity index is 3.44. The first-order valence-electron chi connectivity index (χ1n) is 10.00. The molecule has 1 aromatic rings. The third kappa shape index (κ3) is 4.87. The number of hydrogen-bond acceptors (Lipinski definition) is 2. The molecule has 0 aliphatic heterocycles. The minimum atomic E-state index is -6.92. The highest BCUT2D eigenvalue weighted by Gasteiger charge is 2.86. The zero-order chi connectivity index (χ0) is 26.5. The van der Waals surface area contributed by atoms with Gasteiger partial charge in [-0.1, -0.05) is 72.7 Å². The fourth-order valence-electron chi connectivity index (χ4n) is 2.86. The highest BCUT2D eigenvalue weighted by atomic mass is 32.2. The topological polar surface area (TPSA) is 37.4 Å². The van der Waals surface area contributed by atoms with Crippen molar-refractivity contribution in [3.63, 3.8) is 0 Å². The van der Waals surface area contributed by atoms with Crippen molar-refractivity contribution in [2.24, 2.45) is 5.41 Å². The van der Waals surface area contributed by atoms with Crippen molar-refractivity contribution in [3.05, 3.63) is 35.4 Å². The number of sulfonamides is 1. The van der Waals surface area contributed by atoms with Crippen molar-refractivity contribution in [1.82, 2.24) is 4.31 Å². The van der Waals surface area contributed by atoms with Gasteiger partial charge < -0.3 is 0 Å². The summed E-state index contributed by atoms with van der Waals surface area (Å²) in [6.07, 6.45) is 0. The molecular formula is C21H29F8NO2S. The first-order valence-corrected chi connectivity index (χ1v) is 11.4. The summed E-state index contributed by atoms with van der Waals surface area (Å²) in [4.78, 5) is 0. The van der Waals surface area contributed by atoms with Gasteiger partial charge in [-0.05, 0) is 16.5 Å². The number of alkyl halides is 8. The Kier molecular flexibility index (Phi) is 7.76. The molecule has 1 rings (SSSR count). The summed E-state index contributed by atoms with van der Waals surface area (Å²) < 4.78 is 139. The lowest BCUT2D eigenvalue weighted by molar-refractivity contribution is -0.368. The number of nitrogens with zero attached hydrogens (tertiary/aromatic N) is 1. The average molecular weight is 512 g/mol. The molecule has 33 heavy (non-hydrogen) atoms. The van der Waals surface area contributed by atoms with Gasteiger partial charge in [-0.2, -0.15) is 39.4 Å². The van der Waals surface area contributed by atoms with Crippen molar-refractivity contribution in [1.29, 1.82) is 0 Å². The Morgan fingerprint density at radius 1 is 0.727 bits per heavy atom. The van der Waals surface area contributed by atoms with Gasteiger partial charge in [0.15, 0.2) is 0 Å². The molecule has 0 amide bonds. The Morgan fingerprint density at radius 2 is 1.15 bits per heavy atom.